The number of amides is 3. The van der Waals surface area contributed by atoms with Gasteiger partial charge in [0.25, 0.3) is 5.91 Å². The summed E-state index contributed by atoms with van der Waals surface area (Å²) in [7, 11) is 1.51. The van der Waals surface area contributed by atoms with Gasteiger partial charge in [-0.15, -0.1) is 0 Å². The number of hydrogen-bond donors (Lipinski definition) is 2. The van der Waals surface area contributed by atoms with E-state index in [0.29, 0.717) is 22.6 Å². The molecule has 1 aliphatic heterocycles. The van der Waals surface area contributed by atoms with Crippen LogP contribution in [0.3, 0.4) is 0 Å². The zero-order valence-corrected chi connectivity index (χ0v) is 20.8. The minimum atomic E-state index is -0.838. The summed E-state index contributed by atoms with van der Waals surface area (Å²) in [6.07, 6.45) is 0.491. The second kappa shape index (κ2) is 10.3. The molecular formula is C29H29N3O5. The van der Waals surface area contributed by atoms with Gasteiger partial charge in [0.2, 0.25) is 5.91 Å². The number of carbonyl (C=O) groups excluding carboxylic acids is 3. The number of benzene rings is 3. The monoisotopic (exact) mass is 499 g/mol. The van der Waals surface area contributed by atoms with Crippen molar-refractivity contribution in [1.29, 1.82) is 0 Å². The van der Waals surface area contributed by atoms with Crippen molar-refractivity contribution in [2.45, 2.75) is 44.5 Å². The first kappa shape index (κ1) is 24.4. The predicted molar refractivity (Wildman–Crippen MR) is 138 cm³/mol. The molecule has 2 atom stereocenters. The molecule has 0 spiro atoms. The molecule has 3 amide bonds. The highest BCUT2D eigenvalue weighted by atomic mass is 16.6. The molecule has 0 radical (unpaired) electrons. The molecule has 37 heavy (non-hydrogen) atoms. The van der Waals surface area contributed by atoms with Gasteiger partial charge in [0.15, 0.2) is 12.1 Å². The number of nitrogens with zero attached hydrogens (tertiary/aromatic N) is 1. The topological polar surface area (TPSA) is 97.0 Å². The van der Waals surface area contributed by atoms with E-state index in [-0.39, 0.29) is 24.4 Å². The molecule has 3 aromatic rings. The lowest BCUT2D eigenvalue weighted by Crippen LogP contribution is -2.46. The van der Waals surface area contributed by atoms with E-state index >= 15 is 0 Å². The Hall–Kier alpha value is -4.33. The van der Waals surface area contributed by atoms with Gasteiger partial charge in [0.1, 0.15) is 5.75 Å². The molecule has 8 heteroatoms. The van der Waals surface area contributed by atoms with Crippen molar-refractivity contribution in [3.63, 3.8) is 0 Å². The lowest BCUT2D eigenvalue weighted by molar-refractivity contribution is -0.126. The standard InChI is InChI=1S/C29H29N3O5/c1-18-10-12-19(13-11-18)17-32-25(28(34)30-21-14-15-21)26(37-29(32)35)20-6-5-7-22(16-20)31-27(33)23-8-3-4-9-24(23)36-2/h3-13,16,21,25-26H,14-15,17H2,1-2H3,(H,30,34)(H,31,33)/t25-,26+/m1/s1. The van der Waals surface area contributed by atoms with Crippen molar-refractivity contribution in [3.8, 4) is 5.75 Å². The van der Waals surface area contributed by atoms with Gasteiger partial charge in [0, 0.05) is 11.7 Å². The molecule has 1 aliphatic carbocycles. The van der Waals surface area contributed by atoms with Gasteiger partial charge in [-0.05, 0) is 55.2 Å². The molecule has 8 nitrogen and oxygen atoms in total. The Kier molecular flexibility index (Phi) is 6.81. The SMILES string of the molecule is COc1ccccc1C(=O)Nc1cccc([C@@H]2OC(=O)N(Cc3ccc(C)cc3)[C@H]2C(=O)NC2CC2)c1. The van der Waals surface area contributed by atoms with Crippen LogP contribution in [0.4, 0.5) is 10.5 Å². The molecular weight excluding hydrogens is 470 g/mol. The molecule has 1 heterocycles. The summed E-state index contributed by atoms with van der Waals surface area (Å²) in [4.78, 5) is 40.7. The van der Waals surface area contributed by atoms with Gasteiger partial charge in [-0.1, -0.05) is 54.1 Å². The first-order valence-corrected chi connectivity index (χ1v) is 12.3. The van der Waals surface area contributed by atoms with Gasteiger partial charge in [-0.2, -0.15) is 0 Å². The smallest absolute Gasteiger partial charge is 0.411 e. The van der Waals surface area contributed by atoms with Crippen molar-refractivity contribution in [3.05, 3.63) is 95.1 Å². The third-order valence-corrected chi connectivity index (χ3v) is 6.58. The fourth-order valence-corrected chi connectivity index (χ4v) is 4.44. The van der Waals surface area contributed by atoms with Crippen LogP contribution in [0.2, 0.25) is 0 Å². The zero-order valence-electron chi connectivity index (χ0n) is 20.8. The summed E-state index contributed by atoms with van der Waals surface area (Å²) in [6, 6.07) is 21.1. The highest BCUT2D eigenvalue weighted by Crippen LogP contribution is 2.36. The number of methoxy groups -OCH3 is 1. The lowest BCUT2D eigenvalue weighted by Gasteiger charge is -2.24. The van der Waals surface area contributed by atoms with E-state index in [1.54, 1.807) is 48.5 Å². The number of nitrogens with one attached hydrogen (secondary N) is 2. The van der Waals surface area contributed by atoms with Crippen molar-refractivity contribution in [2.75, 3.05) is 12.4 Å². The van der Waals surface area contributed by atoms with E-state index in [1.165, 1.54) is 12.0 Å². The van der Waals surface area contributed by atoms with E-state index in [9.17, 15) is 14.4 Å². The largest absolute Gasteiger partial charge is 0.496 e. The highest BCUT2D eigenvalue weighted by molar-refractivity contribution is 6.06. The molecule has 190 valence electrons. The van der Waals surface area contributed by atoms with Crippen molar-refractivity contribution in [1.82, 2.24) is 10.2 Å². The molecule has 0 bridgehead atoms. The normalized spacial score (nSPS) is 18.8. The van der Waals surface area contributed by atoms with E-state index in [0.717, 1.165) is 24.0 Å². The fourth-order valence-electron chi connectivity index (χ4n) is 4.44. The molecule has 0 aromatic heterocycles. The average Bonchev–Trinajstić information content (AvgIpc) is 3.66. The summed E-state index contributed by atoms with van der Waals surface area (Å²) in [5.74, 6) is -0.111. The van der Waals surface area contributed by atoms with Crippen LogP contribution in [0.5, 0.6) is 5.75 Å². The second-order valence-corrected chi connectivity index (χ2v) is 9.43. The van der Waals surface area contributed by atoms with Crippen LogP contribution in [0.15, 0.2) is 72.8 Å². The minimum Gasteiger partial charge on any atom is -0.496 e. The Morgan fingerprint density at radius 3 is 2.51 bits per heavy atom. The highest BCUT2D eigenvalue weighted by Gasteiger charge is 2.48. The molecule has 2 fully saturated rings. The number of carbonyl (C=O) groups is 3. The van der Waals surface area contributed by atoms with Crippen molar-refractivity contribution < 1.29 is 23.9 Å². The van der Waals surface area contributed by atoms with Crippen molar-refractivity contribution >= 4 is 23.6 Å². The third kappa shape index (κ3) is 5.43. The van der Waals surface area contributed by atoms with Crippen LogP contribution in [-0.2, 0) is 16.1 Å². The molecule has 3 aromatic carbocycles. The molecule has 2 aliphatic rings. The Bertz CT molecular complexity index is 1320. The van der Waals surface area contributed by atoms with Gasteiger partial charge >= 0.3 is 6.09 Å². The summed E-state index contributed by atoms with van der Waals surface area (Å²) in [6.45, 7) is 2.25. The van der Waals surface area contributed by atoms with Crippen LogP contribution in [0.25, 0.3) is 0 Å². The lowest BCUT2D eigenvalue weighted by atomic mass is 10.00. The maximum atomic E-state index is 13.3. The van der Waals surface area contributed by atoms with Crippen LogP contribution < -0.4 is 15.4 Å². The van der Waals surface area contributed by atoms with Crippen LogP contribution in [0.1, 0.15) is 46.0 Å². The van der Waals surface area contributed by atoms with E-state index in [2.05, 4.69) is 10.6 Å². The summed E-state index contributed by atoms with van der Waals surface area (Å²) in [5.41, 5.74) is 3.55. The number of anilines is 1. The van der Waals surface area contributed by atoms with E-state index < -0.39 is 18.2 Å². The number of rotatable bonds is 8. The third-order valence-electron chi connectivity index (χ3n) is 6.58. The first-order chi connectivity index (χ1) is 17.9. The average molecular weight is 500 g/mol. The Morgan fingerprint density at radius 1 is 1.03 bits per heavy atom. The molecule has 0 unspecified atom stereocenters. The number of aryl methyl sites for hydroxylation is 1. The number of cyclic esters (lactones) is 1. The number of hydrogen-bond acceptors (Lipinski definition) is 5. The first-order valence-electron chi connectivity index (χ1n) is 12.3. The summed E-state index contributed by atoms with van der Waals surface area (Å²) >= 11 is 0. The van der Waals surface area contributed by atoms with Gasteiger partial charge in [-0.3, -0.25) is 14.5 Å². The molecule has 2 N–H and O–H groups in total. The van der Waals surface area contributed by atoms with Gasteiger partial charge in [0.05, 0.1) is 19.2 Å². The Morgan fingerprint density at radius 2 is 1.78 bits per heavy atom. The van der Waals surface area contributed by atoms with Gasteiger partial charge in [-0.25, -0.2) is 4.79 Å². The minimum absolute atomic E-state index is 0.136. The summed E-state index contributed by atoms with van der Waals surface area (Å²) < 4.78 is 11.1. The van der Waals surface area contributed by atoms with Crippen LogP contribution in [0, 0.1) is 6.92 Å². The van der Waals surface area contributed by atoms with Gasteiger partial charge < -0.3 is 20.1 Å². The second-order valence-electron chi connectivity index (χ2n) is 9.43. The quantitative estimate of drug-likeness (QED) is 0.472. The van der Waals surface area contributed by atoms with E-state index in [1.807, 2.05) is 31.2 Å². The summed E-state index contributed by atoms with van der Waals surface area (Å²) in [5, 5.41) is 5.90. The molecule has 5 rings (SSSR count). The maximum absolute atomic E-state index is 13.3. The maximum Gasteiger partial charge on any atom is 0.411 e. The van der Waals surface area contributed by atoms with Crippen LogP contribution >= 0.6 is 0 Å². The van der Waals surface area contributed by atoms with Crippen molar-refractivity contribution in [2.24, 2.45) is 0 Å². The fraction of sp³-hybridized carbons (Fsp3) is 0.276. The predicted octanol–water partition coefficient (Wildman–Crippen LogP) is 4.60. The molecule has 1 saturated carbocycles. The van der Waals surface area contributed by atoms with E-state index in [4.69, 9.17) is 9.47 Å². The Balaban J connectivity index is 1.40. The molecule has 1 saturated heterocycles. The Labute approximate surface area is 215 Å². The number of ether oxygens (including phenoxy) is 2. The number of para-hydroxylation sites is 1. The van der Waals surface area contributed by atoms with Crippen LogP contribution in [-0.4, -0.2) is 42.0 Å². The zero-order chi connectivity index (χ0) is 25.9.